The number of aryl methyl sites for hydroxylation is 1. The van der Waals surface area contributed by atoms with Gasteiger partial charge in [-0.05, 0) is 30.5 Å². The molecule has 0 N–H and O–H groups in total. The fraction of sp³-hybridized carbons (Fsp3) is 0.364. The van der Waals surface area contributed by atoms with Crippen LogP contribution in [-0.4, -0.2) is 6.54 Å². The molecule has 1 rings (SSSR count). The fourth-order valence-electron chi connectivity index (χ4n) is 1.17. The third-order valence-corrected chi connectivity index (χ3v) is 2.43. The molecule has 0 fully saturated rings. The summed E-state index contributed by atoms with van der Waals surface area (Å²) in [7, 11) is 0. The van der Waals surface area contributed by atoms with Crippen LogP contribution in [0, 0.1) is 6.57 Å². The molecule has 0 saturated carbocycles. The highest BCUT2D eigenvalue weighted by Crippen LogP contribution is 2.12. The number of benzene rings is 1. The Bertz CT molecular complexity index is 284. The summed E-state index contributed by atoms with van der Waals surface area (Å²) in [6.07, 6.45) is 3.21. The lowest BCUT2D eigenvalue weighted by Crippen LogP contribution is -1.86. The quantitative estimate of drug-likeness (QED) is 0.556. The summed E-state index contributed by atoms with van der Waals surface area (Å²) in [6.45, 7) is 7.30. The van der Waals surface area contributed by atoms with Crippen LogP contribution in [0.1, 0.15) is 18.4 Å². The molecule has 13 heavy (non-hydrogen) atoms. The maximum Gasteiger partial charge on any atom is 0.214 e. The summed E-state index contributed by atoms with van der Waals surface area (Å²) in [5, 5.41) is 0. The first kappa shape index (κ1) is 10.3. The smallest absolute Gasteiger partial charge is 0.214 e. The topological polar surface area (TPSA) is 4.36 Å². The van der Waals surface area contributed by atoms with Crippen LogP contribution in [0.4, 0.5) is 0 Å². The molecule has 0 aromatic heterocycles. The Labute approximate surface area is 87.7 Å². The zero-order valence-electron chi connectivity index (χ0n) is 7.46. The van der Waals surface area contributed by atoms with Gasteiger partial charge in [-0.15, -0.1) is 0 Å². The lowest BCUT2D eigenvalue weighted by molar-refractivity contribution is 0.779. The van der Waals surface area contributed by atoms with E-state index in [9.17, 15) is 0 Å². The highest BCUT2D eigenvalue weighted by atomic mass is 79.9. The Morgan fingerprint density at radius 3 is 2.46 bits per heavy atom. The molecule has 1 aromatic carbocycles. The SMILES string of the molecule is [C-]#[N+]CCCCc1ccc(Br)cc1. The summed E-state index contributed by atoms with van der Waals surface area (Å²) in [4.78, 5) is 3.32. The number of hydrogen-bond acceptors (Lipinski definition) is 0. The molecule has 0 amide bonds. The summed E-state index contributed by atoms with van der Waals surface area (Å²) in [5.74, 6) is 0. The predicted octanol–water partition coefficient (Wildman–Crippen LogP) is 3.69. The second kappa shape index (κ2) is 5.77. The van der Waals surface area contributed by atoms with E-state index >= 15 is 0 Å². The first-order valence-corrected chi connectivity index (χ1v) is 5.20. The van der Waals surface area contributed by atoms with Crippen molar-refractivity contribution in [3.63, 3.8) is 0 Å². The van der Waals surface area contributed by atoms with Crippen LogP contribution in [0.5, 0.6) is 0 Å². The monoisotopic (exact) mass is 237 g/mol. The lowest BCUT2D eigenvalue weighted by Gasteiger charge is -1.98. The Kier molecular flexibility index (Phi) is 4.56. The number of halogens is 1. The molecule has 0 aliphatic heterocycles. The van der Waals surface area contributed by atoms with Crippen molar-refractivity contribution in [3.05, 3.63) is 45.7 Å². The third kappa shape index (κ3) is 4.10. The van der Waals surface area contributed by atoms with Crippen LogP contribution < -0.4 is 0 Å². The van der Waals surface area contributed by atoms with Crippen molar-refractivity contribution in [1.29, 1.82) is 0 Å². The van der Waals surface area contributed by atoms with E-state index in [1.165, 1.54) is 5.56 Å². The van der Waals surface area contributed by atoms with Crippen molar-refractivity contribution in [2.24, 2.45) is 0 Å². The number of nitrogens with zero attached hydrogens (tertiary/aromatic N) is 1. The van der Waals surface area contributed by atoms with Gasteiger partial charge in [0.15, 0.2) is 0 Å². The van der Waals surface area contributed by atoms with Crippen LogP contribution >= 0.6 is 15.9 Å². The van der Waals surface area contributed by atoms with E-state index in [1.54, 1.807) is 0 Å². The van der Waals surface area contributed by atoms with Gasteiger partial charge in [0.1, 0.15) is 0 Å². The van der Waals surface area contributed by atoms with Gasteiger partial charge in [0.25, 0.3) is 0 Å². The Morgan fingerprint density at radius 2 is 1.85 bits per heavy atom. The molecular formula is C11H12BrN. The molecule has 0 saturated heterocycles. The van der Waals surface area contributed by atoms with Gasteiger partial charge >= 0.3 is 0 Å². The van der Waals surface area contributed by atoms with Gasteiger partial charge in [-0.25, -0.2) is 6.57 Å². The summed E-state index contributed by atoms with van der Waals surface area (Å²) >= 11 is 3.40. The van der Waals surface area contributed by atoms with Gasteiger partial charge in [-0.1, -0.05) is 28.1 Å². The first-order valence-electron chi connectivity index (χ1n) is 4.40. The van der Waals surface area contributed by atoms with Crippen LogP contribution in [-0.2, 0) is 6.42 Å². The Hall–Kier alpha value is -0.810. The highest BCUT2D eigenvalue weighted by Gasteiger charge is 1.94. The minimum atomic E-state index is 0.663. The highest BCUT2D eigenvalue weighted by molar-refractivity contribution is 9.10. The van der Waals surface area contributed by atoms with E-state index in [1.807, 2.05) is 0 Å². The average molecular weight is 238 g/mol. The van der Waals surface area contributed by atoms with E-state index in [4.69, 9.17) is 6.57 Å². The van der Waals surface area contributed by atoms with Gasteiger partial charge in [0.05, 0.1) is 0 Å². The minimum absolute atomic E-state index is 0.663. The largest absolute Gasteiger partial charge is 0.317 e. The zero-order valence-corrected chi connectivity index (χ0v) is 9.05. The lowest BCUT2D eigenvalue weighted by atomic mass is 10.1. The zero-order chi connectivity index (χ0) is 9.52. The van der Waals surface area contributed by atoms with Gasteiger partial charge < -0.3 is 4.85 Å². The maximum absolute atomic E-state index is 6.63. The minimum Gasteiger partial charge on any atom is -0.317 e. The van der Waals surface area contributed by atoms with Crippen LogP contribution in [0.2, 0.25) is 0 Å². The first-order chi connectivity index (χ1) is 6.33. The molecule has 0 spiro atoms. The number of hydrogen-bond donors (Lipinski definition) is 0. The second-order valence-corrected chi connectivity index (χ2v) is 3.88. The number of unbranched alkanes of at least 4 members (excludes halogenated alkanes) is 1. The van der Waals surface area contributed by atoms with Crippen molar-refractivity contribution in [3.8, 4) is 0 Å². The van der Waals surface area contributed by atoms with E-state index in [-0.39, 0.29) is 0 Å². The van der Waals surface area contributed by atoms with Gasteiger partial charge in [-0.2, -0.15) is 0 Å². The van der Waals surface area contributed by atoms with Crippen molar-refractivity contribution in [2.75, 3.05) is 6.54 Å². The number of rotatable bonds is 4. The van der Waals surface area contributed by atoms with Gasteiger partial charge in [0.2, 0.25) is 6.54 Å². The van der Waals surface area contributed by atoms with E-state index < -0.39 is 0 Å². The molecule has 1 aromatic rings. The second-order valence-electron chi connectivity index (χ2n) is 2.97. The van der Waals surface area contributed by atoms with Crippen LogP contribution in [0.15, 0.2) is 28.7 Å². The van der Waals surface area contributed by atoms with E-state index in [0.29, 0.717) is 6.54 Å². The van der Waals surface area contributed by atoms with Crippen LogP contribution in [0.25, 0.3) is 4.85 Å². The molecule has 0 heterocycles. The molecule has 0 unspecified atom stereocenters. The van der Waals surface area contributed by atoms with Gasteiger partial charge in [-0.3, -0.25) is 0 Å². The summed E-state index contributed by atoms with van der Waals surface area (Å²) in [5.41, 5.74) is 1.35. The summed E-state index contributed by atoms with van der Waals surface area (Å²) in [6, 6.07) is 8.37. The van der Waals surface area contributed by atoms with E-state index in [2.05, 4.69) is 45.0 Å². The van der Waals surface area contributed by atoms with Crippen LogP contribution in [0.3, 0.4) is 0 Å². The van der Waals surface area contributed by atoms with Crippen molar-refractivity contribution in [2.45, 2.75) is 19.3 Å². The summed E-state index contributed by atoms with van der Waals surface area (Å²) < 4.78 is 1.12. The molecule has 0 radical (unpaired) electrons. The standard InChI is InChI=1S/C11H12BrN/c1-13-9-3-2-4-10-5-7-11(12)8-6-10/h5-8H,2-4,9H2. The average Bonchev–Trinajstić information content (AvgIpc) is 2.15. The van der Waals surface area contributed by atoms with Crippen molar-refractivity contribution in [1.82, 2.24) is 0 Å². The normalized spacial score (nSPS) is 9.54. The molecule has 68 valence electrons. The molecular weight excluding hydrogens is 226 g/mol. The molecule has 0 atom stereocenters. The Morgan fingerprint density at radius 1 is 1.15 bits per heavy atom. The predicted molar refractivity (Wildman–Crippen MR) is 58.5 cm³/mol. The molecule has 2 heteroatoms. The molecule has 0 aliphatic rings. The molecule has 0 aliphatic carbocycles. The third-order valence-electron chi connectivity index (χ3n) is 1.90. The van der Waals surface area contributed by atoms with Crippen molar-refractivity contribution < 1.29 is 0 Å². The maximum atomic E-state index is 6.63. The molecule has 0 bridgehead atoms. The fourth-order valence-corrected chi connectivity index (χ4v) is 1.44. The molecule has 1 nitrogen and oxygen atoms in total. The van der Waals surface area contributed by atoms with E-state index in [0.717, 1.165) is 23.7 Å². The van der Waals surface area contributed by atoms with Gasteiger partial charge in [0, 0.05) is 10.9 Å². The Balaban J connectivity index is 2.30. The van der Waals surface area contributed by atoms with Crippen molar-refractivity contribution >= 4 is 15.9 Å².